The van der Waals surface area contributed by atoms with Gasteiger partial charge in [0.1, 0.15) is 35.5 Å². The lowest BCUT2D eigenvalue weighted by Gasteiger charge is -2.12. The number of rotatable bonds is 3. The van der Waals surface area contributed by atoms with Crippen molar-refractivity contribution in [1.29, 1.82) is 5.26 Å². The number of nitrogens with one attached hydrogen (secondary N) is 3. The average Bonchev–Trinajstić information content (AvgIpc) is 3.06. The normalized spacial score (nSPS) is 12.2. The molecule has 0 fully saturated rings. The number of hydrogen-bond donors (Lipinski definition) is 3. The van der Waals surface area contributed by atoms with E-state index in [4.69, 9.17) is 11.6 Å². The van der Waals surface area contributed by atoms with Crippen molar-refractivity contribution in [1.82, 2.24) is 15.0 Å². The topological polar surface area (TPSA) is 124 Å². The molecule has 3 N–H and O–H groups in total. The largest absolute Gasteiger partial charge is 0.337 e. The number of amides is 1. The number of aromatic amines is 1. The third-order valence-electron chi connectivity index (χ3n) is 4.17. The highest BCUT2D eigenvalue weighted by atomic mass is 35.5. The Labute approximate surface area is 162 Å². The van der Waals surface area contributed by atoms with E-state index >= 15 is 0 Å². The van der Waals surface area contributed by atoms with Crippen LogP contribution in [0.2, 0.25) is 5.02 Å². The van der Waals surface area contributed by atoms with Crippen molar-refractivity contribution in [3.05, 3.63) is 63.0 Å². The summed E-state index contributed by atoms with van der Waals surface area (Å²) in [6, 6.07) is 7.05. The van der Waals surface area contributed by atoms with Crippen LogP contribution in [0.3, 0.4) is 0 Å². The molecule has 1 aliphatic heterocycles. The van der Waals surface area contributed by atoms with Crippen LogP contribution in [0.15, 0.2) is 35.4 Å². The monoisotopic (exact) mass is 396 g/mol. The average molecular weight is 397 g/mol. The molecule has 2 aromatic heterocycles. The SMILES string of the molecule is N#Cc1[nH]c(=O)c(-c2cc(Cl)ccc2F)cc1Nc1ncnc2c1CC(=O)N2. The number of aromatic nitrogens is 3. The van der Waals surface area contributed by atoms with Gasteiger partial charge in [-0.05, 0) is 24.3 Å². The Balaban J connectivity index is 1.84. The van der Waals surface area contributed by atoms with Crippen LogP contribution in [0.25, 0.3) is 11.1 Å². The number of fused-ring (bicyclic) bond motifs is 1. The fourth-order valence-corrected chi connectivity index (χ4v) is 3.05. The quantitative estimate of drug-likeness (QED) is 0.625. The van der Waals surface area contributed by atoms with E-state index in [0.29, 0.717) is 17.2 Å². The van der Waals surface area contributed by atoms with Crippen LogP contribution in [0.4, 0.5) is 21.7 Å². The van der Waals surface area contributed by atoms with Gasteiger partial charge in [-0.15, -0.1) is 0 Å². The molecule has 0 radical (unpaired) electrons. The van der Waals surface area contributed by atoms with E-state index in [1.165, 1.54) is 24.5 Å². The number of nitriles is 1. The molecule has 0 spiro atoms. The van der Waals surface area contributed by atoms with Crippen molar-refractivity contribution < 1.29 is 9.18 Å². The summed E-state index contributed by atoms with van der Waals surface area (Å²) in [5.74, 6) is -0.207. The molecule has 0 unspecified atom stereocenters. The molecule has 8 nitrogen and oxygen atoms in total. The van der Waals surface area contributed by atoms with Gasteiger partial charge >= 0.3 is 0 Å². The van der Waals surface area contributed by atoms with E-state index in [1.807, 2.05) is 6.07 Å². The summed E-state index contributed by atoms with van der Waals surface area (Å²) in [5, 5.41) is 15.1. The number of benzene rings is 1. The lowest BCUT2D eigenvalue weighted by atomic mass is 10.1. The molecule has 138 valence electrons. The molecule has 0 bridgehead atoms. The summed E-state index contributed by atoms with van der Waals surface area (Å²) in [4.78, 5) is 34.5. The number of carbonyl (C=O) groups excluding carboxylic acids is 1. The van der Waals surface area contributed by atoms with Crippen LogP contribution in [-0.4, -0.2) is 20.9 Å². The molecule has 28 heavy (non-hydrogen) atoms. The predicted molar refractivity (Wildman–Crippen MR) is 99.8 cm³/mol. The molecule has 4 rings (SSSR count). The molecule has 0 aliphatic carbocycles. The number of pyridine rings is 1. The van der Waals surface area contributed by atoms with E-state index in [-0.39, 0.29) is 39.9 Å². The fraction of sp³-hybridized carbons (Fsp3) is 0.0556. The number of nitrogens with zero attached hydrogens (tertiary/aromatic N) is 3. The fourth-order valence-electron chi connectivity index (χ4n) is 2.88. The summed E-state index contributed by atoms with van der Waals surface area (Å²) in [6.07, 6.45) is 1.32. The molecule has 0 saturated carbocycles. The van der Waals surface area contributed by atoms with Gasteiger partial charge in [-0.1, -0.05) is 11.6 Å². The zero-order chi connectivity index (χ0) is 19.8. The van der Waals surface area contributed by atoms with Crippen molar-refractivity contribution in [3.63, 3.8) is 0 Å². The maximum Gasteiger partial charge on any atom is 0.257 e. The van der Waals surface area contributed by atoms with Crippen LogP contribution >= 0.6 is 11.6 Å². The number of halogens is 2. The molecule has 0 atom stereocenters. The maximum atomic E-state index is 14.2. The van der Waals surface area contributed by atoms with Gasteiger partial charge in [-0.3, -0.25) is 9.59 Å². The summed E-state index contributed by atoms with van der Waals surface area (Å²) in [5.41, 5.74) is -0.0175. The zero-order valence-corrected chi connectivity index (χ0v) is 14.8. The maximum absolute atomic E-state index is 14.2. The van der Waals surface area contributed by atoms with Crippen molar-refractivity contribution >= 4 is 34.8 Å². The number of H-pyrrole nitrogens is 1. The lowest BCUT2D eigenvalue weighted by molar-refractivity contribution is -0.115. The zero-order valence-electron chi connectivity index (χ0n) is 14.0. The highest BCUT2D eigenvalue weighted by molar-refractivity contribution is 6.30. The third-order valence-corrected chi connectivity index (χ3v) is 4.40. The van der Waals surface area contributed by atoms with Gasteiger partial charge < -0.3 is 15.6 Å². The third kappa shape index (κ3) is 3.06. The van der Waals surface area contributed by atoms with Crippen molar-refractivity contribution in [2.45, 2.75) is 6.42 Å². The molecule has 1 aliphatic rings. The Hall–Kier alpha value is -3.77. The highest BCUT2D eigenvalue weighted by Crippen LogP contribution is 2.31. The van der Waals surface area contributed by atoms with E-state index in [1.54, 1.807) is 0 Å². The smallest absolute Gasteiger partial charge is 0.257 e. The Morgan fingerprint density at radius 3 is 2.82 bits per heavy atom. The Bertz CT molecular complexity index is 1230. The van der Waals surface area contributed by atoms with Gasteiger partial charge in [0.25, 0.3) is 5.56 Å². The molecular formula is C18H10ClFN6O2. The van der Waals surface area contributed by atoms with Crippen molar-refractivity contribution in [2.75, 3.05) is 10.6 Å². The van der Waals surface area contributed by atoms with E-state index in [0.717, 1.165) is 6.07 Å². The molecule has 1 amide bonds. The number of carbonyl (C=O) groups is 1. The van der Waals surface area contributed by atoms with Crippen LogP contribution < -0.4 is 16.2 Å². The first-order valence-corrected chi connectivity index (χ1v) is 8.37. The summed E-state index contributed by atoms with van der Waals surface area (Å²) >= 11 is 5.92. The van der Waals surface area contributed by atoms with E-state index < -0.39 is 11.4 Å². The van der Waals surface area contributed by atoms with Gasteiger partial charge in [-0.25, -0.2) is 14.4 Å². The van der Waals surface area contributed by atoms with Crippen molar-refractivity contribution in [2.24, 2.45) is 0 Å². The first-order chi connectivity index (χ1) is 13.5. The van der Waals surface area contributed by atoms with Crippen LogP contribution in [-0.2, 0) is 11.2 Å². The summed E-state index contributed by atoms with van der Waals surface area (Å²) in [7, 11) is 0. The van der Waals surface area contributed by atoms with Gasteiger partial charge in [0.15, 0.2) is 0 Å². The first kappa shape index (κ1) is 17.6. The summed E-state index contributed by atoms with van der Waals surface area (Å²) < 4.78 is 14.2. The highest BCUT2D eigenvalue weighted by Gasteiger charge is 2.24. The van der Waals surface area contributed by atoms with Crippen LogP contribution in [0.5, 0.6) is 0 Å². The minimum Gasteiger partial charge on any atom is -0.337 e. The molecule has 0 saturated heterocycles. The molecule has 10 heteroatoms. The molecular weight excluding hydrogens is 387 g/mol. The Morgan fingerprint density at radius 1 is 1.21 bits per heavy atom. The minimum atomic E-state index is -0.645. The van der Waals surface area contributed by atoms with E-state index in [9.17, 15) is 19.2 Å². The lowest BCUT2D eigenvalue weighted by Crippen LogP contribution is -2.14. The van der Waals surface area contributed by atoms with Crippen LogP contribution in [0, 0.1) is 17.1 Å². The van der Waals surface area contributed by atoms with Gasteiger partial charge in [0, 0.05) is 16.1 Å². The standard InChI is InChI=1S/C18H10ClFN6O2/c19-8-1-2-12(20)9(3-8)10-4-13(14(6-21)25-18(10)28)24-16-11-5-15(27)26-17(11)23-7-22-16/h1-4,7H,5H2,(H,25,28)(H2,22,23,24,26,27). The van der Waals surface area contributed by atoms with Gasteiger partial charge in [-0.2, -0.15) is 5.26 Å². The van der Waals surface area contributed by atoms with Crippen LogP contribution in [0.1, 0.15) is 11.3 Å². The Kier molecular flexibility index (Phi) is 4.25. The molecule has 3 heterocycles. The second kappa shape index (κ2) is 6.75. The van der Waals surface area contributed by atoms with Crippen molar-refractivity contribution in [3.8, 4) is 17.2 Å². The minimum absolute atomic E-state index is 0.00829. The first-order valence-electron chi connectivity index (χ1n) is 8.00. The number of anilines is 3. The second-order valence-corrected chi connectivity index (χ2v) is 6.37. The van der Waals surface area contributed by atoms with Gasteiger partial charge in [0.2, 0.25) is 5.91 Å². The number of hydrogen-bond acceptors (Lipinski definition) is 6. The molecule has 3 aromatic rings. The predicted octanol–water partition coefficient (Wildman–Crippen LogP) is 2.73. The van der Waals surface area contributed by atoms with E-state index in [2.05, 4.69) is 25.6 Å². The summed E-state index contributed by atoms with van der Waals surface area (Å²) in [6.45, 7) is 0. The molecule has 1 aromatic carbocycles. The second-order valence-electron chi connectivity index (χ2n) is 5.94. The van der Waals surface area contributed by atoms with Gasteiger partial charge in [0.05, 0.1) is 17.7 Å². The Morgan fingerprint density at radius 2 is 2.04 bits per heavy atom.